The maximum atomic E-state index is 10.0. The van der Waals surface area contributed by atoms with E-state index >= 15 is 0 Å². The van der Waals surface area contributed by atoms with E-state index in [1.807, 2.05) is 6.26 Å². The monoisotopic (exact) mass is 302 g/mol. The molecule has 1 atom stereocenters. The van der Waals surface area contributed by atoms with Gasteiger partial charge in [0.2, 0.25) is 0 Å². The quantitative estimate of drug-likeness (QED) is 0.849. The molecule has 1 aliphatic rings. The smallest absolute Gasteiger partial charge is 0.0877 e. The van der Waals surface area contributed by atoms with Crippen LogP contribution in [0.3, 0.4) is 0 Å². The van der Waals surface area contributed by atoms with E-state index in [-0.39, 0.29) is 6.10 Å². The van der Waals surface area contributed by atoms with Gasteiger partial charge in [-0.15, -0.1) is 0 Å². The third-order valence-corrected chi connectivity index (χ3v) is 4.18. The fraction of sp³-hybridized carbons (Fsp3) is 0.538. The average molecular weight is 303 g/mol. The van der Waals surface area contributed by atoms with Gasteiger partial charge in [0.25, 0.3) is 0 Å². The second-order valence-corrected chi connectivity index (χ2v) is 5.75. The highest BCUT2D eigenvalue weighted by Gasteiger charge is 2.09. The number of aliphatic hydroxyl groups excluding tert-OH is 1. The maximum absolute atomic E-state index is 10.0. The molecule has 0 aromatic rings. The Balaban J connectivity index is 2.88. The molecule has 0 aliphatic heterocycles. The molecule has 90 valence electrons. The van der Waals surface area contributed by atoms with E-state index in [1.165, 1.54) is 5.57 Å². The van der Waals surface area contributed by atoms with Gasteiger partial charge in [-0.05, 0) is 43.6 Å². The van der Waals surface area contributed by atoms with E-state index in [4.69, 9.17) is 0 Å². The van der Waals surface area contributed by atoms with Crippen LogP contribution in [0.5, 0.6) is 0 Å². The number of thioether (sulfide) groups is 1. The second-order valence-electron chi connectivity index (χ2n) is 3.99. The Bertz CT molecular complexity index is 318. The maximum Gasteiger partial charge on any atom is 0.0877 e. The Hall–Kier alpha value is 0.01000. The van der Waals surface area contributed by atoms with Crippen LogP contribution in [0.2, 0.25) is 0 Å². The van der Waals surface area contributed by atoms with Crippen molar-refractivity contribution in [2.45, 2.75) is 32.3 Å². The summed E-state index contributed by atoms with van der Waals surface area (Å²) in [6, 6.07) is 0. The van der Waals surface area contributed by atoms with Crippen molar-refractivity contribution in [3.8, 4) is 0 Å². The van der Waals surface area contributed by atoms with Gasteiger partial charge in [0.1, 0.15) is 0 Å². The van der Waals surface area contributed by atoms with Crippen LogP contribution in [0, 0.1) is 0 Å². The molecule has 0 saturated heterocycles. The fourth-order valence-corrected chi connectivity index (χ4v) is 2.49. The molecule has 1 unspecified atom stereocenters. The van der Waals surface area contributed by atoms with Crippen molar-refractivity contribution in [3.05, 3.63) is 33.9 Å². The van der Waals surface area contributed by atoms with Crippen molar-refractivity contribution >= 4 is 27.7 Å². The molecule has 0 fully saturated rings. The van der Waals surface area contributed by atoms with Gasteiger partial charge < -0.3 is 5.11 Å². The van der Waals surface area contributed by atoms with E-state index in [9.17, 15) is 5.11 Å². The summed E-state index contributed by atoms with van der Waals surface area (Å²) in [5, 5.41) is 10.0. The molecule has 0 saturated carbocycles. The van der Waals surface area contributed by atoms with Gasteiger partial charge in [-0.1, -0.05) is 34.2 Å². The molecule has 1 nitrogen and oxygen atoms in total. The molecule has 3 heteroatoms. The standard InChI is InChI=1S/C13H19BrOS/c1-10-8-11(13(15)9-16-2)6-4-3-5-7-12(10)14/h6-8,13,15H,3-5,9H2,1-2H3/b10-8-,11-6-,12-7+. The Labute approximate surface area is 111 Å². The first-order chi connectivity index (χ1) is 7.65. The van der Waals surface area contributed by atoms with Gasteiger partial charge in [0, 0.05) is 10.2 Å². The lowest BCUT2D eigenvalue weighted by Crippen LogP contribution is -2.12. The Morgan fingerprint density at radius 1 is 1.44 bits per heavy atom. The first-order valence-corrected chi connectivity index (χ1v) is 7.75. The summed E-state index contributed by atoms with van der Waals surface area (Å²) in [5.74, 6) is 0.761. The lowest BCUT2D eigenvalue weighted by Gasteiger charge is -2.11. The van der Waals surface area contributed by atoms with Gasteiger partial charge in [-0.2, -0.15) is 11.8 Å². The van der Waals surface area contributed by atoms with Gasteiger partial charge in [0.05, 0.1) is 6.10 Å². The number of hydrogen-bond donors (Lipinski definition) is 1. The van der Waals surface area contributed by atoms with Crippen molar-refractivity contribution in [1.82, 2.24) is 0 Å². The molecule has 0 radical (unpaired) electrons. The zero-order valence-electron chi connectivity index (χ0n) is 9.87. The summed E-state index contributed by atoms with van der Waals surface area (Å²) in [6.07, 6.45) is 11.4. The van der Waals surface area contributed by atoms with Crippen molar-refractivity contribution in [3.63, 3.8) is 0 Å². The largest absolute Gasteiger partial charge is 0.388 e. The molecular formula is C13H19BrOS. The van der Waals surface area contributed by atoms with Crippen LogP contribution in [0.15, 0.2) is 33.9 Å². The highest BCUT2D eigenvalue weighted by atomic mass is 79.9. The Morgan fingerprint density at radius 2 is 2.12 bits per heavy atom. The normalized spacial score (nSPS) is 29.6. The topological polar surface area (TPSA) is 20.2 Å². The predicted octanol–water partition coefficient (Wildman–Crippen LogP) is 4.05. The lowest BCUT2D eigenvalue weighted by atomic mass is 10.1. The predicted molar refractivity (Wildman–Crippen MR) is 77.1 cm³/mol. The van der Waals surface area contributed by atoms with E-state index in [2.05, 4.69) is 41.1 Å². The minimum atomic E-state index is -0.344. The SMILES string of the molecule is CSCC(O)C1=C\CCC\C=C(Br)/C(C)=C\1. The van der Waals surface area contributed by atoms with E-state index < -0.39 is 0 Å². The minimum Gasteiger partial charge on any atom is -0.388 e. The van der Waals surface area contributed by atoms with Gasteiger partial charge in [-0.25, -0.2) is 0 Å². The summed E-state index contributed by atoms with van der Waals surface area (Å²) in [4.78, 5) is 0. The van der Waals surface area contributed by atoms with Crippen LogP contribution in [-0.4, -0.2) is 23.2 Å². The molecule has 0 aromatic carbocycles. The van der Waals surface area contributed by atoms with Crippen LogP contribution >= 0.6 is 27.7 Å². The Morgan fingerprint density at radius 3 is 2.81 bits per heavy atom. The van der Waals surface area contributed by atoms with Crippen LogP contribution in [0.1, 0.15) is 26.2 Å². The van der Waals surface area contributed by atoms with Crippen molar-refractivity contribution in [2.75, 3.05) is 12.0 Å². The zero-order valence-corrected chi connectivity index (χ0v) is 12.3. The van der Waals surface area contributed by atoms with Gasteiger partial charge in [0.15, 0.2) is 0 Å². The number of allylic oxidation sites excluding steroid dienone is 4. The summed E-state index contributed by atoms with van der Waals surface area (Å²) in [5.41, 5.74) is 2.24. The van der Waals surface area contributed by atoms with Crippen molar-refractivity contribution in [1.29, 1.82) is 0 Å². The summed E-state index contributed by atoms with van der Waals surface area (Å²) in [7, 11) is 0. The molecule has 1 aliphatic carbocycles. The number of halogens is 1. The summed E-state index contributed by atoms with van der Waals surface area (Å²) < 4.78 is 1.15. The first-order valence-electron chi connectivity index (χ1n) is 5.56. The van der Waals surface area contributed by atoms with Crippen LogP contribution in [0.4, 0.5) is 0 Å². The van der Waals surface area contributed by atoms with Crippen LogP contribution in [0.25, 0.3) is 0 Å². The zero-order chi connectivity index (χ0) is 12.0. The highest BCUT2D eigenvalue weighted by molar-refractivity contribution is 9.12. The molecule has 1 N–H and O–H groups in total. The molecule has 0 bridgehead atoms. The molecule has 1 rings (SSSR count). The molecule has 16 heavy (non-hydrogen) atoms. The number of rotatable bonds is 3. The molecular weight excluding hydrogens is 284 g/mol. The Kier molecular flexibility index (Phi) is 6.47. The van der Waals surface area contributed by atoms with E-state index in [0.29, 0.717) is 0 Å². The minimum absolute atomic E-state index is 0.344. The fourth-order valence-electron chi connectivity index (χ4n) is 1.64. The van der Waals surface area contributed by atoms with Crippen molar-refractivity contribution in [2.24, 2.45) is 0 Å². The van der Waals surface area contributed by atoms with Crippen molar-refractivity contribution < 1.29 is 5.11 Å². The third-order valence-electron chi connectivity index (χ3n) is 2.58. The first kappa shape index (κ1) is 14.1. The molecule has 0 aromatic heterocycles. The van der Waals surface area contributed by atoms with E-state index in [0.717, 1.165) is 35.1 Å². The second kappa shape index (κ2) is 7.36. The molecule has 0 heterocycles. The summed E-state index contributed by atoms with van der Waals surface area (Å²) in [6.45, 7) is 2.07. The van der Waals surface area contributed by atoms with Crippen LogP contribution in [-0.2, 0) is 0 Å². The lowest BCUT2D eigenvalue weighted by molar-refractivity contribution is 0.239. The molecule has 0 amide bonds. The van der Waals surface area contributed by atoms with E-state index in [1.54, 1.807) is 11.8 Å². The number of hydrogen-bond acceptors (Lipinski definition) is 2. The highest BCUT2D eigenvalue weighted by Crippen LogP contribution is 2.23. The number of aliphatic hydroxyl groups is 1. The average Bonchev–Trinajstić information content (AvgIpc) is 2.33. The van der Waals surface area contributed by atoms with Gasteiger partial charge >= 0.3 is 0 Å². The van der Waals surface area contributed by atoms with Crippen LogP contribution < -0.4 is 0 Å². The van der Waals surface area contributed by atoms with Gasteiger partial charge in [-0.3, -0.25) is 0 Å². The third kappa shape index (κ3) is 4.48. The summed E-state index contributed by atoms with van der Waals surface area (Å²) >= 11 is 5.24. The molecule has 0 spiro atoms.